The molecule has 2 aliphatic rings. The molecule has 0 aliphatic carbocycles. The highest BCUT2D eigenvalue weighted by Crippen LogP contribution is 2.22. The fourth-order valence-corrected chi connectivity index (χ4v) is 3.71. The van der Waals surface area contributed by atoms with E-state index < -0.39 is 5.60 Å². The zero-order chi connectivity index (χ0) is 19.4. The molecule has 1 aromatic rings. The average molecular weight is 373 g/mol. The third-order valence-electron chi connectivity index (χ3n) is 5.11. The summed E-state index contributed by atoms with van der Waals surface area (Å²) in [6.07, 6.45) is 0.627. The number of ether oxygens (including phenoxy) is 1. The van der Waals surface area contributed by atoms with Crippen LogP contribution in [-0.2, 0) is 16.1 Å². The molecule has 6 nitrogen and oxygen atoms in total. The Labute approximate surface area is 162 Å². The first-order valence-electron chi connectivity index (χ1n) is 9.85. The summed E-state index contributed by atoms with van der Waals surface area (Å²) in [7, 11) is 0. The average Bonchev–Trinajstić information content (AvgIpc) is 3.09. The zero-order valence-corrected chi connectivity index (χ0v) is 16.7. The quantitative estimate of drug-likeness (QED) is 0.817. The van der Waals surface area contributed by atoms with Gasteiger partial charge in [-0.05, 0) is 39.3 Å². The second-order valence-corrected chi connectivity index (χ2v) is 8.50. The number of hydrogen-bond acceptors (Lipinski definition) is 4. The van der Waals surface area contributed by atoms with Gasteiger partial charge in [-0.3, -0.25) is 9.69 Å². The Kier molecular flexibility index (Phi) is 6.05. The van der Waals surface area contributed by atoms with Crippen molar-refractivity contribution in [3.8, 4) is 0 Å². The molecule has 6 heteroatoms. The van der Waals surface area contributed by atoms with Crippen LogP contribution in [0.15, 0.2) is 30.3 Å². The van der Waals surface area contributed by atoms with Crippen LogP contribution in [0.5, 0.6) is 0 Å². The fourth-order valence-electron chi connectivity index (χ4n) is 3.71. The molecular weight excluding hydrogens is 342 g/mol. The van der Waals surface area contributed by atoms with E-state index in [1.165, 1.54) is 5.56 Å². The van der Waals surface area contributed by atoms with Crippen LogP contribution < -0.4 is 0 Å². The van der Waals surface area contributed by atoms with E-state index in [0.29, 0.717) is 26.2 Å². The molecular formula is C21H31N3O3. The van der Waals surface area contributed by atoms with Gasteiger partial charge in [-0.15, -0.1) is 0 Å². The number of nitrogens with zero attached hydrogens (tertiary/aromatic N) is 3. The van der Waals surface area contributed by atoms with E-state index in [2.05, 4.69) is 29.2 Å². The van der Waals surface area contributed by atoms with Gasteiger partial charge in [0.15, 0.2) is 0 Å². The van der Waals surface area contributed by atoms with Gasteiger partial charge < -0.3 is 14.5 Å². The van der Waals surface area contributed by atoms with Crippen LogP contribution in [0.1, 0.15) is 32.8 Å². The molecule has 2 aliphatic heterocycles. The molecule has 0 bridgehead atoms. The van der Waals surface area contributed by atoms with E-state index in [1.54, 1.807) is 4.90 Å². The molecule has 1 aromatic carbocycles. The maximum atomic E-state index is 12.9. The first-order chi connectivity index (χ1) is 12.8. The number of rotatable bonds is 3. The molecule has 0 saturated carbocycles. The maximum Gasteiger partial charge on any atom is 0.410 e. The first kappa shape index (κ1) is 19.7. The molecule has 0 radical (unpaired) electrons. The molecule has 148 valence electrons. The van der Waals surface area contributed by atoms with Crippen molar-refractivity contribution in [3.05, 3.63) is 35.9 Å². The van der Waals surface area contributed by atoms with E-state index in [1.807, 2.05) is 31.7 Å². The molecule has 2 amide bonds. The normalized spacial score (nSPS) is 21.4. The van der Waals surface area contributed by atoms with Crippen molar-refractivity contribution in [1.82, 2.24) is 14.7 Å². The van der Waals surface area contributed by atoms with Crippen molar-refractivity contribution in [2.45, 2.75) is 39.3 Å². The van der Waals surface area contributed by atoms with Crippen LogP contribution >= 0.6 is 0 Å². The van der Waals surface area contributed by atoms with Crippen molar-refractivity contribution in [2.24, 2.45) is 5.92 Å². The second-order valence-electron chi connectivity index (χ2n) is 8.50. The molecule has 0 N–H and O–H groups in total. The lowest BCUT2D eigenvalue weighted by molar-refractivity contribution is -0.136. The molecule has 1 atom stereocenters. The van der Waals surface area contributed by atoms with E-state index in [-0.39, 0.29) is 17.9 Å². The number of piperazine rings is 1. The van der Waals surface area contributed by atoms with E-state index in [9.17, 15) is 9.59 Å². The Morgan fingerprint density at radius 3 is 2.26 bits per heavy atom. The summed E-state index contributed by atoms with van der Waals surface area (Å²) in [4.78, 5) is 31.0. The van der Waals surface area contributed by atoms with Crippen molar-refractivity contribution in [1.29, 1.82) is 0 Å². The number of carbonyl (C=O) groups excluding carboxylic acids is 2. The Hall–Kier alpha value is -2.08. The van der Waals surface area contributed by atoms with Gasteiger partial charge in [0.1, 0.15) is 5.60 Å². The lowest BCUT2D eigenvalue weighted by Crippen LogP contribution is -2.53. The third-order valence-corrected chi connectivity index (χ3v) is 5.11. The standard InChI is InChI=1S/C21H31N3O3/c1-21(2,3)27-20(26)24-13-11-23(12-14-24)19(25)18-9-10-22(16-18)15-17-7-5-4-6-8-17/h4-8,18H,9-16H2,1-3H3/t18-/m1/s1. The number of likely N-dealkylation sites (tertiary alicyclic amines) is 1. The number of carbonyl (C=O) groups is 2. The molecule has 2 saturated heterocycles. The molecule has 0 spiro atoms. The van der Waals surface area contributed by atoms with Gasteiger partial charge in [0.05, 0.1) is 5.92 Å². The lowest BCUT2D eigenvalue weighted by Gasteiger charge is -2.36. The Bertz CT molecular complexity index is 648. The summed E-state index contributed by atoms with van der Waals surface area (Å²) in [6.45, 7) is 10.5. The summed E-state index contributed by atoms with van der Waals surface area (Å²) in [5.41, 5.74) is 0.799. The lowest BCUT2D eigenvalue weighted by atomic mass is 10.1. The van der Waals surface area contributed by atoms with Gasteiger partial charge in [0, 0.05) is 39.3 Å². The minimum atomic E-state index is -0.490. The van der Waals surface area contributed by atoms with Crippen molar-refractivity contribution in [2.75, 3.05) is 39.3 Å². The van der Waals surface area contributed by atoms with Crippen LogP contribution in [0.25, 0.3) is 0 Å². The predicted molar refractivity (Wildman–Crippen MR) is 104 cm³/mol. The Balaban J connectivity index is 1.45. The van der Waals surface area contributed by atoms with E-state index >= 15 is 0 Å². The monoisotopic (exact) mass is 373 g/mol. The number of hydrogen-bond donors (Lipinski definition) is 0. The number of benzene rings is 1. The van der Waals surface area contributed by atoms with Crippen LogP contribution in [0, 0.1) is 5.92 Å². The molecule has 27 heavy (non-hydrogen) atoms. The number of amides is 2. The Morgan fingerprint density at radius 1 is 1.00 bits per heavy atom. The predicted octanol–water partition coefficient (Wildman–Crippen LogP) is 2.59. The molecule has 3 rings (SSSR count). The molecule has 2 heterocycles. The van der Waals surface area contributed by atoms with Gasteiger partial charge in [-0.2, -0.15) is 0 Å². The van der Waals surface area contributed by atoms with Gasteiger partial charge >= 0.3 is 6.09 Å². The maximum absolute atomic E-state index is 12.9. The van der Waals surface area contributed by atoms with Crippen LogP contribution in [-0.4, -0.2) is 71.6 Å². The molecule has 2 fully saturated rings. The van der Waals surface area contributed by atoms with Gasteiger partial charge in [-0.25, -0.2) is 4.79 Å². The second kappa shape index (κ2) is 8.30. The van der Waals surface area contributed by atoms with Crippen LogP contribution in [0.4, 0.5) is 4.79 Å². The van der Waals surface area contributed by atoms with Crippen molar-refractivity contribution < 1.29 is 14.3 Å². The Morgan fingerprint density at radius 2 is 1.63 bits per heavy atom. The minimum absolute atomic E-state index is 0.0711. The summed E-state index contributed by atoms with van der Waals surface area (Å²) in [5, 5.41) is 0. The smallest absolute Gasteiger partial charge is 0.410 e. The summed E-state index contributed by atoms with van der Waals surface area (Å²) in [6, 6.07) is 10.4. The van der Waals surface area contributed by atoms with E-state index in [4.69, 9.17) is 4.74 Å². The largest absolute Gasteiger partial charge is 0.444 e. The third kappa shape index (κ3) is 5.45. The van der Waals surface area contributed by atoms with Crippen molar-refractivity contribution in [3.63, 3.8) is 0 Å². The zero-order valence-electron chi connectivity index (χ0n) is 16.7. The fraction of sp³-hybridized carbons (Fsp3) is 0.619. The minimum Gasteiger partial charge on any atom is -0.444 e. The summed E-state index contributed by atoms with van der Waals surface area (Å²) < 4.78 is 5.42. The highest BCUT2D eigenvalue weighted by atomic mass is 16.6. The topological polar surface area (TPSA) is 53.1 Å². The highest BCUT2D eigenvalue weighted by molar-refractivity contribution is 5.80. The molecule has 0 unspecified atom stereocenters. The van der Waals surface area contributed by atoms with Crippen LogP contribution in [0.2, 0.25) is 0 Å². The van der Waals surface area contributed by atoms with Crippen molar-refractivity contribution >= 4 is 12.0 Å². The van der Waals surface area contributed by atoms with E-state index in [0.717, 1.165) is 26.1 Å². The highest BCUT2D eigenvalue weighted by Gasteiger charge is 2.34. The summed E-state index contributed by atoms with van der Waals surface area (Å²) >= 11 is 0. The SMILES string of the molecule is CC(C)(C)OC(=O)N1CCN(C(=O)[C@@H]2CCN(Cc3ccccc3)C2)CC1. The van der Waals surface area contributed by atoms with Gasteiger partial charge in [-0.1, -0.05) is 30.3 Å². The molecule has 0 aromatic heterocycles. The van der Waals surface area contributed by atoms with Gasteiger partial charge in [0.25, 0.3) is 0 Å². The summed E-state index contributed by atoms with van der Waals surface area (Å²) in [5.74, 6) is 0.302. The van der Waals surface area contributed by atoms with Crippen LogP contribution in [0.3, 0.4) is 0 Å². The van der Waals surface area contributed by atoms with Gasteiger partial charge in [0.2, 0.25) is 5.91 Å². The first-order valence-corrected chi connectivity index (χ1v) is 9.85.